The zero-order valence-corrected chi connectivity index (χ0v) is 13.2. The third-order valence-corrected chi connectivity index (χ3v) is 3.11. The maximum atomic E-state index is 11.5. The van der Waals surface area contributed by atoms with Gasteiger partial charge in [0, 0.05) is 37.6 Å². The third kappa shape index (κ3) is 5.80. The molecule has 0 bridgehead atoms. The van der Waals surface area contributed by atoms with Gasteiger partial charge in [-0.15, -0.1) is 0 Å². The molecule has 0 aliphatic heterocycles. The van der Waals surface area contributed by atoms with Crippen LogP contribution in [-0.2, 0) is 11.3 Å². The van der Waals surface area contributed by atoms with E-state index in [1.165, 1.54) is 0 Å². The molecular formula is C15H23ClN2O2. The van der Waals surface area contributed by atoms with Gasteiger partial charge in [0.1, 0.15) is 5.75 Å². The second kappa shape index (κ2) is 8.82. The van der Waals surface area contributed by atoms with Crippen LogP contribution in [0.2, 0.25) is 5.02 Å². The molecule has 0 aromatic heterocycles. The van der Waals surface area contributed by atoms with Crippen molar-refractivity contribution in [1.82, 2.24) is 10.2 Å². The van der Waals surface area contributed by atoms with Gasteiger partial charge in [0.2, 0.25) is 5.91 Å². The van der Waals surface area contributed by atoms with E-state index in [0.717, 1.165) is 24.4 Å². The normalized spacial score (nSPS) is 10.4. The molecule has 0 saturated heterocycles. The Morgan fingerprint density at radius 3 is 2.80 bits per heavy atom. The van der Waals surface area contributed by atoms with Gasteiger partial charge in [-0.25, -0.2) is 0 Å². The Balaban J connectivity index is 2.48. The molecule has 4 nitrogen and oxygen atoms in total. The van der Waals surface area contributed by atoms with Crippen LogP contribution in [0.3, 0.4) is 0 Å². The summed E-state index contributed by atoms with van der Waals surface area (Å²) in [4.78, 5) is 13.0. The lowest BCUT2D eigenvalue weighted by molar-refractivity contribution is -0.128. The molecule has 0 heterocycles. The lowest BCUT2D eigenvalue weighted by Crippen LogP contribution is -2.21. The van der Waals surface area contributed by atoms with Gasteiger partial charge in [-0.05, 0) is 31.2 Å². The molecule has 1 N–H and O–H groups in total. The average molecular weight is 299 g/mol. The largest absolute Gasteiger partial charge is 0.493 e. The van der Waals surface area contributed by atoms with Crippen LogP contribution in [0.15, 0.2) is 18.2 Å². The van der Waals surface area contributed by atoms with Crippen molar-refractivity contribution >= 4 is 17.5 Å². The Morgan fingerprint density at radius 1 is 1.40 bits per heavy atom. The SMILES string of the molecule is CCNCc1cc(Cl)ccc1OCCCC(=O)N(C)C. The number of benzene rings is 1. The number of amides is 1. The van der Waals surface area contributed by atoms with Crippen molar-refractivity contribution in [2.75, 3.05) is 27.2 Å². The minimum Gasteiger partial charge on any atom is -0.493 e. The fourth-order valence-electron chi connectivity index (χ4n) is 1.72. The summed E-state index contributed by atoms with van der Waals surface area (Å²) in [6.07, 6.45) is 1.21. The van der Waals surface area contributed by atoms with E-state index in [0.29, 0.717) is 24.5 Å². The van der Waals surface area contributed by atoms with Crippen molar-refractivity contribution in [2.24, 2.45) is 0 Å². The summed E-state index contributed by atoms with van der Waals surface area (Å²) in [6, 6.07) is 5.60. The minimum absolute atomic E-state index is 0.123. The van der Waals surface area contributed by atoms with Crippen LogP contribution >= 0.6 is 11.6 Å². The van der Waals surface area contributed by atoms with Crippen LogP contribution in [0, 0.1) is 0 Å². The van der Waals surface area contributed by atoms with Crippen LogP contribution < -0.4 is 10.1 Å². The summed E-state index contributed by atoms with van der Waals surface area (Å²) in [5, 5.41) is 3.96. The first kappa shape index (κ1) is 16.8. The second-order valence-electron chi connectivity index (χ2n) is 4.77. The highest BCUT2D eigenvalue weighted by Gasteiger charge is 2.06. The zero-order valence-electron chi connectivity index (χ0n) is 12.4. The Kier molecular flexibility index (Phi) is 7.41. The first-order valence-corrected chi connectivity index (χ1v) is 7.24. The summed E-state index contributed by atoms with van der Waals surface area (Å²) < 4.78 is 5.75. The number of carbonyl (C=O) groups is 1. The highest BCUT2D eigenvalue weighted by molar-refractivity contribution is 6.30. The van der Waals surface area contributed by atoms with E-state index in [1.807, 2.05) is 18.2 Å². The summed E-state index contributed by atoms with van der Waals surface area (Å²) in [5.41, 5.74) is 1.04. The van der Waals surface area contributed by atoms with Gasteiger partial charge in [-0.2, -0.15) is 0 Å². The van der Waals surface area contributed by atoms with Gasteiger partial charge in [0.05, 0.1) is 6.61 Å². The average Bonchev–Trinajstić information content (AvgIpc) is 2.42. The molecule has 0 aliphatic rings. The quantitative estimate of drug-likeness (QED) is 0.750. The van der Waals surface area contributed by atoms with Gasteiger partial charge in [-0.1, -0.05) is 18.5 Å². The molecule has 0 atom stereocenters. The summed E-state index contributed by atoms with van der Waals surface area (Å²) in [6.45, 7) is 4.20. The molecule has 5 heteroatoms. The fraction of sp³-hybridized carbons (Fsp3) is 0.533. The van der Waals surface area contributed by atoms with E-state index in [1.54, 1.807) is 19.0 Å². The molecule has 0 unspecified atom stereocenters. The Labute approximate surface area is 126 Å². The van der Waals surface area contributed by atoms with E-state index in [2.05, 4.69) is 12.2 Å². The number of nitrogens with zero attached hydrogens (tertiary/aromatic N) is 1. The first-order chi connectivity index (χ1) is 9.54. The minimum atomic E-state index is 0.123. The fourth-order valence-corrected chi connectivity index (χ4v) is 1.91. The van der Waals surface area contributed by atoms with Crippen molar-refractivity contribution in [3.63, 3.8) is 0 Å². The van der Waals surface area contributed by atoms with Crippen LogP contribution in [0.5, 0.6) is 5.75 Å². The van der Waals surface area contributed by atoms with E-state index >= 15 is 0 Å². The van der Waals surface area contributed by atoms with Crippen molar-refractivity contribution in [3.05, 3.63) is 28.8 Å². The molecule has 20 heavy (non-hydrogen) atoms. The number of hydrogen-bond donors (Lipinski definition) is 1. The smallest absolute Gasteiger partial charge is 0.222 e. The number of hydrogen-bond acceptors (Lipinski definition) is 3. The van der Waals surface area contributed by atoms with E-state index < -0.39 is 0 Å². The molecule has 1 rings (SSSR count). The predicted octanol–water partition coefficient (Wildman–Crippen LogP) is 2.70. The monoisotopic (exact) mass is 298 g/mol. The van der Waals surface area contributed by atoms with E-state index in [9.17, 15) is 4.79 Å². The molecule has 112 valence electrons. The van der Waals surface area contributed by atoms with Crippen LogP contribution in [0.1, 0.15) is 25.3 Å². The van der Waals surface area contributed by atoms with Crippen LogP contribution in [0.4, 0.5) is 0 Å². The standard InChI is InChI=1S/C15H23ClN2O2/c1-4-17-11-12-10-13(16)7-8-14(12)20-9-5-6-15(19)18(2)3/h7-8,10,17H,4-6,9,11H2,1-3H3. The summed E-state index contributed by atoms with van der Waals surface area (Å²) in [7, 11) is 3.52. The summed E-state index contributed by atoms with van der Waals surface area (Å²) in [5.74, 6) is 0.949. The Hall–Kier alpha value is -1.26. The lowest BCUT2D eigenvalue weighted by Gasteiger charge is -2.13. The Morgan fingerprint density at radius 2 is 2.15 bits per heavy atom. The molecule has 1 aromatic carbocycles. The second-order valence-corrected chi connectivity index (χ2v) is 5.21. The number of halogens is 1. The predicted molar refractivity (Wildman–Crippen MR) is 82.3 cm³/mol. The third-order valence-electron chi connectivity index (χ3n) is 2.88. The van der Waals surface area contributed by atoms with E-state index in [4.69, 9.17) is 16.3 Å². The van der Waals surface area contributed by atoms with Crippen LogP contribution in [-0.4, -0.2) is 38.1 Å². The van der Waals surface area contributed by atoms with Gasteiger partial charge < -0.3 is 15.0 Å². The van der Waals surface area contributed by atoms with Gasteiger partial charge >= 0.3 is 0 Å². The van der Waals surface area contributed by atoms with Crippen molar-refractivity contribution < 1.29 is 9.53 Å². The highest BCUT2D eigenvalue weighted by Crippen LogP contribution is 2.23. The molecular weight excluding hydrogens is 276 g/mol. The molecule has 1 amide bonds. The van der Waals surface area contributed by atoms with Crippen molar-refractivity contribution in [3.8, 4) is 5.75 Å². The van der Waals surface area contributed by atoms with Gasteiger partial charge in [0.25, 0.3) is 0 Å². The summed E-state index contributed by atoms with van der Waals surface area (Å²) >= 11 is 6.00. The first-order valence-electron chi connectivity index (χ1n) is 6.86. The van der Waals surface area contributed by atoms with E-state index in [-0.39, 0.29) is 5.91 Å². The molecule has 0 aliphatic carbocycles. The zero-order chi connectivity index (χ0) is 15.0. The van der Waals surface area contributed by atoms with Crippen molar-refractivity contribution in [2.45, 2.75) is 26.3 Å². The maximum Gasteiger partial charge on any atom is 0.222 e. The molecule has 0 fully saturated rings. The number of rotatable bonds is 8. The molecule has 0 saturated carbocycles. The van der Waals surface area contributed by atoms with Crippen molar-refractivity contribution in [1.29, 1.82) is 0 Å². The van der Waals surface area contributed by atoms with Gasteiger partial charge in [-0.3, -0.25) is 4.79 Å². The molecule has 0 radical (unpaired) electrons. The highest BCUT2D eigenvalue weighted by atomic mass is 35.5. The Bertz CT molecular complexity index is 436. The maximum absolute atomic E-state index is 11.5. The molecule has 1 aromatic rings. The number of nitrogens with one attached hydrogen (secondary N) is 1. The lowest BCUT2D eigenvalue weighted by atomic mass is 10.2. The molecule has 0 spiro atoms. The van der Waals surface area contributed by atoms with Gasteiger partial charge in [0.15, 0.2) is 0 Å². The van der Waals surface area contributed by atoms with Crippen LogP contribution in [0.25, 0.3) is 0 Å². The topological polar surface area (TPSA) is 41.6 Å². The number of ether oxygens (including phenoxy) is 1. The number of carbonyl (C=O) groups excluding carboxylic acids is 1.